The van der Waals surface area contributed by atoms with Crippen LogP contribution in [-0.4, -0.2) is 22.2 Å². The Morgan fingerprint density at radius 1 is 1.12 bits per heavy atom. The maximum atomic E-state index is 12.1. The van der Waals surface area contributed by atoms with Gasteiger partial charge in [-0.05, 0) is 17.7 Å². The molecule has 16 heavy (non-hydrogen) atoms. The highest BCUT2D eigenvalue weighted by atomic mass is 19.4. The van der Waals surface area contributed by atoms with Gasteiger partial charge in [-0.25, -0.2) is 0 Å². The molecule has 0 amide bonds. The standard InChI is InChI=1S/C10H8F3NO2/c11-10(12,13)9(15,16)5-7-1-3-8(6-14)4-2-7/h1-4,15-16H,5H2. The van der Waals surface area contributed by atoms with E-state index in [-0.39, 0.29) is 11.1 Å². The first kappa shape index (κ1) is 12.5. The molecule has 0 radical (unpaired) electrons. The van der Waals surface area contributed by atoms with Gasteiger partial charge in [0, 0.05) is 6.42 Å². The van der Waals surface area contributed by atoms with Crippen LogP contribution in [0.1, 0.15) is 11.1 Å². The van der Waals surface area contributed by atoms with Gasteiger partial charge in [0.15, 0.2) is 0 Å². The summed E-state index contributed by atoms with van der Waals surface area (Å²) in [5, 5.41) is 26.1. The molecule has 0 aromatic heterocycles. The van der Waals surface area contributed by atoms with Crippen molar-refractivity contribution in [3.8, 4) is 6.07 Å². The molecule has 1 aromatic carbocycles. The minimum atomic E-state index is -5.11. The van der Waals surface area contributed by atoms with Crippen molar-refractivity contribution in [2.75, 3.05) is 0 Å². The smallest absolute Gasteiger partial charge is 0.358 e. The summed E-state index contributed by atoms with van der Waals surface area (Å²) in [6.45, 7) is 0. The van der Waals surface area contributed by atoms with E-state index in [9.17, 15) is 13.2 Å². The van der Waals surface area contributed by atoms with E-state index >= 15 is 0 Å². The molecule has 0 bridgehead atoms. The second-order valence-electron chi connectivity index (χ2n) is 3.30. The highest BCUT2D eigenvalue weighted by molar-refractivity contribution is 5.32. The quantitative estimate of drug-likeness (QED) is 0.755. The molecule has 2 N–H and O–H groups in total. The Kier molecular flexibility index (Phi) is 3.21. The van der Waals surface area contributed by atoms with Crippen molar-refractivity contribution in [3.05, 3.63) is 35.4 Å². The van der Waals surface area contributed by atoms with Gasteiger partial charge in [-0.15, -0.1) is 0 Å². The van der Waals surface area contributed by atoms with Crippen LogP contribution < -0.4 is 0 Å². The van der Waals surface area contributed by atoms with Crippen molar-refractivity contribution in [1.82, 2.24) is 0 Å². The lowest BCUT2D eigenvalue weighted by molar-refractivity contribution is -0.347. The lowest BCUT2D eigenvalue weighted by Gasteiger charge is -2.24. The van der Waals surface area contributed by atoms with E-state index in [1.807, 2.05) is 0 Å². The molecule has 0 fully saturated rings. The largest absolute Gasteiger partial charge is 0.443 e. The Labute approximate surface area is 89.4 Å². The second-order valence-corrected chi connectivity index (χ2v) is 3.30. The fourth-order valence-electron chi connectivity index (χ4n) is 1.08. The highest BCUT2D eigenvalue weighted by Gasteiger charge is 2.52. The van der Waals surface area contributed by atoms with Crippen molar-refractivity contribution >= 4 is 0 Å². The van der Waals surface area contributed by atoms with Crippen molar-refractivity contribution in [3.63, 3.8) is 0 Å². The van der Waals surface area contributed by atoms with Crippen LogP contribution in [0.3, 0.4) is 0 Å². The molecular weight excluding hydrogens is 223 g/mol. The first-order valence-corrected chi connectivity index (χ1v) is 4.27. The predicted octanol–water partition coefficient (Wildman–Crippen LogP) is 1.34. The van der Waals surface area contributed by atoms with E-state index in [4.69, 9.17) is 15.5 Å². The summed E-state index contributed by atoms with van der Waals surface area (Å²) in [6.07, 6.45) is -6.08. The van der Waals surface area contributed by atoms with Crippen molar-refractivity contribution < 1.29 is 23.4 Å². The van der Waals surface area contributed by atoms with Crippen LogP contribution in [0.4, 0.5) is 13.2 Å². The zero-order valence-corrected chi connectivity index (χ0v) is 7.99. The van der Waals surface area contributed by atoms with Gasteiger partial charge in [-0.3, -0.25) is 0 Å². The average Bonchev–Trinajstić information content (AvgIpc) is 2.16. The summed E-state index contributed by atoms with van der Waals surface area (Å²) in [4.78, 5) is 0. The summed E-state index contributed by atoms with van der Waals surface area (Å²) in [5.41, 5.74) is 0.374. The fraction of sp³-hybridized carbons (Fsp3) is 0.300. The Morgan fingerprint density at radius 2 is 1.62 bits per heavy atom. The number of benzene rings is 1. The topological polar surface area (TPSA) is 64.2 Å². The predicted molar refractivity (Wildman–Crippen MR) is 48.1 cm³/mol. The maximum absolute atomic E-state index is 12.1. The summed E-state index contributed by atoms with van der Waals surface area (Å²) in [7, 11) is 0. The van der Waals surface area contributed by atoms with E-state index in [0.717, 1.165) is 0 Å². The third-order valence-corrected chi connectivity index (χ3v) is 1.99. The maximum Gasteiger partial charge on any atom is 0.443 e. The average molecular weight is 231 g/mol. The first-order chi connectivity index (χ1) is 7.26. The molecule has 0 aliphatic carbocycles. The van der Waals surface area contributed by atoms with E-state index in [1.165, 1.54) is 24.3 Å². The number of hydrogen-bond donors (Lipinski definition) is 2. The Hall–Kier alpha value is -1.58. The number of rotatable bonds is 2. The van der Waals surface area contributed by atoms with Crippen LogP contribution in [0.25, 0.3) is 0 Å². The number of alkyl halides is 3. The van der Waals surface area contributed by atoms with E-state index < -0.39 is 18.4 Å². The zero-order valence-electron chi connectivity index (χ0n) is 7.99. The third-order valence-electron chi connectivity index (χ3n) is 1.99. The molecule has 1 rings (SSSR count). The summed E-state index contributed by atoms with van der Waals surface area (Å²) in [5.74, 6) is -3.75. The number of nitriles is 1. The molecule has 0 atom stereocenters. The van der Waals surface area contributed by atoms with Gasteiger partial charge in [0.1, 0.15) is 0 Å². The summed E-state index contributed by atoms with van der Waals surface area (Å²) < 4.78 is 36.3. The van der Waals surface area contributed by atoms with Gasteiger partial charge >= 0.3 is 6.18 Å². The molecule has 0 spiro atoms. The van der Waals surface area contributed by atoms with E-state index in [0.29, 0.717) is 0 Å². The van der Waals surface area contributed by atoms with Crippen LogP contribution >= 0.6 is 0 Å². The minimum Gasteiger partial charge on any atom is -0.358 e. The van der Waals surface area contributed by atoms with Crippen molar-refractivity contribution in [2.45, 2.75) is 18.4 Å². The SMILES string of the molecule is N#Cc1ccc(CC(O)(O)C(F)(F)F)cc1. The van der Waals surface area contributed by atoms with Gasteiger partial charge in [0.05, 0.1) is 11.6 Å². The monoisotopic (exact) mass is 231 g/mol. The Balaban J connectivity index is 2.85. The van der Waals surface area contributed by atoms with Crippen LogP contribution in [0.2, 0.25) is 0 Å². The molecule has 0 unspecified atom stereocenters. The number of aliphatic hydroxyl groups is 2. The lowest BCUT2D eigenvalue weighted by atomic mass is 10.0. The fourth-order valence-corrected chi connectivity index (χ4v) is 1.08. The van der Waals surface area contributed by atoms with Gasteiger partial charge in [0.2, 0.25) is 0 Å². The second kappa shape index (κ2) is 4.12. The molecule has 86 valence electrons. The molecule has 6 heteroatoms. The van der Waals surface area contributed by atoms with Crippen molar-refractivity contribution in [2.24, 2.45) is 0 Å². The van der Waals surface area contributed by atoms with Crippen LogP contribution in [0.15, 0.2) is 24.3 Å². The summed E-state index contributed by atoms with van der Waals surface area (Å²) >= 11 is 0. The first-order valence-electron chi connectivity index (χ1n) is 4.27. The third kappa shape index (κ3) is 2.72. The van der Waals surface area contributed by atoms with Crippen LogP contribution in [-0.2, 0) is 6.42 Å². The van der Waals surface area contributed by atoms with Gasteiger partial charge in [-0.1, -0.05) is 12.1 Å². The van der Waals surface area contributed by atoms with Crippen LogP contribution in [0, 0.1) is 11.3 Å². The number of halogens is 3. The Morgan fingerprint density at radius 3 is 2.00 bits per heavy atom. The molecule has 3 nitrogen and oxygen atoms in total. The lowest BCUT2D eigenvalue weighted by Crippen LogP contribution is -2.46. The molecule has 0 saturated heterocycles. The molecule has 0 saturated carbocycles. The van der Waals surface area contributed by atoms with Gasteiger partial charge in [-0.2, -0.15) is 18.4 Å². The zero-order chi connectivity index (χ0) is 12.4. The summed E-state index contributed by atoms with van der Waals surface area (Å²) in [6, 6.07) is 6.90. The molecule has 1 aromatic rings. The molecular formula is C10H8F3NO2. The van der Waals surface area contributed by atoms with Crippen molar-refractivity contribution in [1.29, 1.82) is 5.26 Å². The van der Waals surface area contributed by atoms with E-state index in [2.05, 4.69) is 0 Å². The Bertz CT molecular complexity index is 404. The highest BCUT2D eigenvalue weighted by Crippen LogP contribution is 2.30. The van der Waals surface area contributed by atoms with Gasteiger partial charge < -0.3 is 10.2 Å². The molecule has 0 aliphatic rings. The van der Waals surface area contributed by atoms with Gasteiger partial charge in [0.25, 0.3) is 5.79 Å². The molecule has 0 aliphatic heterocycles. The normalized spacial score (nSPS) is 12.2. The number of nitrogens with zero attached hydrogens (tertiary/aromatic N) is 1. The number of hydrogen-bond acceptors (Lipinski definition) is 3. The van der Waals surface area contributed by atoms with Crippen LogP contribution in [0.5, 0.6) is 0 Å². The molecule has 0 heterocycles. The minimum absolute atomic E-state index is 0.0846. The van der Waals surface area contributed by atoms with E-state index in [1.54, 1.807) is 6.07 Å².